The molecule has 1 aromatic heterocycles. The molecule has 1 aliphatic rings. The number of benzene rings is 2. The topological polar surface area (TPSA) is 157 Å². The Balaban J connectivity index is 0.00000121. The third-order valence-corrected chi connectivity index (χ3v) is 5.67. The molecule has 3 aromatic rings. The first-order chi connectivity index (χ1) is 17.9. The molecule has 1 saturated heterocycles. The van der Waals surface area contributed by atoms with Crippen LogP contribution in [0.25, 0.3) is 11.4 Å². The number of rotatable bonds is 6. The fourth-order valence-corrected chi connectivity index (χ4v) is 3.85. The highest BCUT2D eigenvalue weighted by Gasteiger charge is 2.19. The highest BCUT2D eigenvalue weighted by Crippen LogP contribution is 2.26. The molecule has 0 unspecified atom stereocenters. The maximum absolute atomic E-state index is 12.4. The minimum atomic E-state index is -0.555. The highest BCUT2D eigenvalue weighted by molar-refractivity contribution is 6.01. The van der Waals surface area contributed by atoms with Crippen molar-refractivity contribution in [2.45, 2.75) is 20.3 Å². The number of hydrogen-bond donors (Lipinski definition) is 3. The van der Waals surface area contributed by atoms with Crippen molar-refractivity contribution in [2.24, 2.45) is 5.73 Å². The fraction of sp³-hybridized carbons (Fsp3) is 0.269. The molecule has 4 N–H and O–H groups in total. The van der Waals surface area contributed by atoms with Gasteiger partial charge in [-0.25, -0.2) is 14.8 Å². The average molecular weight is 505 g/mol. The molecule has 3 amide bonds. The monoisotopic (exact) mass is 504 g/mol. The van der Waals surface area contributed by atoms with Crippen LogP contribution in [-0.4, -0.2) is 54.4 Å². The van der Waals surface area contributed by atoms with Gasteiger partial charge >= 0.3 is 12.2 Å². The zero-order chi connectivity index (χ0) is 26.8. The zero-order valence-electron chi connectivity index (χ0n) is 20.6. The van der Waals surface area contributed by atoms with Crippen LogP contribution in [0.1, 0.15) is 28.5 Å². The number of morpholine rings is 1. The molecule has 1 aliphatic heterocycles. The first-order valence-corrected chi connectivity index (χ1v) is 11.6. The van der Waals surface area contributed by atoms with Gasteiger partial charge in [-0.3, -0.25) is 4.79 Å². The summed E-state index contributed by atoms with van der Waals surface area (Å²) in [5.41, 5.74) is 9.69. The maximum Gasteiger partial charge on any atom is 0.373 e. The molecular weight excluding hydrogens is 476 g/mol. The van der Waals surface area contributed by atoms with Crippen LogP contribution < -0.4 is 21.3 Å². The second-order valence-corrected chi connectivity index (χ2v) is 8.08. The number of carbonyl (C=O) groups excluding carboxylic acids is 4. The van der Waals surface area contributed by atoms with Crippen LogP contribution in [0.4, 0.5) is 22.0 Å². The lowest BCUT2D eigenvalue weighted by atomic mass is 10.1. The van der Waals surface area contributed by atoms with Crippen molar-refractivity contribution in [1.29, 1.82) is 0 Å². The summed E-state index contributed by atoms with van der Waals surface area (Å²) >= 11 is 0. The molecule has 11 nitrogen and oxygen atoms in total. The summed E-state index contributed by atoms with van der Waals surface area (Å²) in [7, 11) is 0. The van der Waals surface area contributed by atoms with E-state index in [0.717, 1.165) is 42.1 Å². The van der Waals surface area contributed by atoms with Crippen molar-refractivity contribution >= 4 is 35.3 Å². The third-order valence-electron chi connectivity index (χ3n) is 5.67. The van der Waals surface area contributed by atoms with E-state index in [4.69, 9.17) is 30.0 Å². The van der Waals surface area contributed by atoms with Gasteiger partial charge < -0.3 is 26.0 Å². The summed E-state index contributed by atoms with van der Waals surface area (Å²) in [4.78, 5) is 51.8. The average Bonchev–Trinajstić information content (AvgIpc) is 2.90. The Bertz CT molecular complexity index is 1280. The van der Waals surface area contributed by atoms with Gasteiger partial charge in [-0.2, -0.15) is 9.59 Å². The van der Waals surface area contributed by atoms with E-state index in [1.165, 1.54) is 6.07 Å². The number of ether oxygens (including phenoxy) is 1. The summed E-state index contributed by atoms with van der Waals surface area (Å²) in [5, 5.41) is 5.48. The Morgan fingerprint density at radius 1 is 1.03 bits per heavy atom. The molecule has 0 spiro atoms. The molecular formula is C26H28N6O5. The third kappa shape index (κ3) is 7.20. The molecule has 0 atom stereocenters. The lowest BCUT2D eigenvalue weighted by Crippen LogP contribution is -2.37. The molecule has 11 heteroatoms. The second kappa shape index (κ2) is 12.9. The Labute approximate surface area is 214 Å². The molecule has 0 bridgehead atoms. The number of nitrogens with two attached hydrogens (primary N) is 1. The van der Waals surface area contributed by atoms with Gasteiger partial charge in [0.15, 0.2) is 5.82 Å². The molecule has 0 radical (unpaired) electrons. The number of nitrogens with one attached hydrogen (secondary N) is 2. The lowest BCUT2D eigenvalue weighted by molar-refractivity contribution is -0.191. The smallest absolute Gasteiger partial charge is 0.373 e. The largest absolute Gasteiger partial charge is 0.378 e. The van der Waals surface area contributed by atoms with Gasteiger partial charge in [0.05, 0.1) is 13.2 Å². The van der Waals surface area contributed by atoms with Gasteiger partial charge in [-0.05, 0) is 55.8 Å². The van der Waals surface area contributed by atoms with E-state index < -0.39 is 11.9 Å². The molecule has 4 rings (SSSR count). The number of primary amides is 1. The quantitative estimate of drug-likeness (QED) is 0.462. The number of aryl methyl sites for hydroxylation is 1. The SMILES string of the molecule is CCc1nc(-c2ccc(NC(=O)Nc3cccc(C(N)=O)c3)cc2)nc(N2CCOCC2)c1C.O=C=O. The van der Waals surface area contributed by atoms with E-state index in [-0.39, 0.29) is 6.15 Å². The van der Waals surface area contributed by atoms with Gasteiger partial charge in [0.1, 0.15) is 5.82 Å². The molecule has 2 aromatic carbocycles. The van der Waals surface area contributed by atoms with Crippen LogP contribution in [0.2, 0.25) is 0 Å². The summed E-state index contributed by atoms with van der Waals surface area (Å²) in [6, 6.07) is 13.4. The van der Waals surface area contributed by atoms with Crippen LogP contribution in [0.5, 0.6) is 0 Å². The molecule has 37 heavy (non-hydrogen) atoms. The van der Waals surface area contributed by atoms with E-state index >= 15 is 0 Å². The van der Waals surface area contributed by atoms with Gasteiger partial charge in [-0.1, -0.05) is 13.0 Å². The molecule has 1 fully saturated rings. The van der Waals surface area contributed by atoms with Crippen LogP contribution in [0.3, 0.4) is 0 Å². The normalized spacial score (nSPS) is 12.5. The minimum absolute atomic E-state index is 0.250. The summed E-state index contributed by atoms with van der Waals surface area (Å²) in [5.74, 6) is 1.05. The number of carbonyl (C=O) groups is 2. The van der Waals surface area contributed by atoms with Crippen molar-refractivity contribution in [3.05, 3.63) is 65.4 Å². The first kappa shape index (κ1) is 27.0. The number of anilines is 3. The predicted octanol–water partition coefficient (Wildman–Crippen LogP) is 3.01. The Morgan fingerprint density at radius 3 is 2.30 bits per heavy atom. The van der Waals surface area contributed by atoms with Crippen molar-refractivity contribution in [3.8, 4) is 11.4 Å². The van der Waals surface area contributed by atoms with E-state index in [9.17, 15) is 9.59 Å². The van der Waals surface area contributed by atoms with Crippen LogP contribution in [-0.2, 0) is 20.7 Å². The van der Waals surface area contributed by atoms with Crippen molar-refractivity contribution in [1.82, 2.24) is 9.97 Å². The van der Waals surface area contributed by atoms with Crippen molar-refractivity contribution < 1.29 is 23.9 Å². The summed E-state index contributed by atoms with van der Waals surface area (Å²) in [6.07, 6.45) is 1.06. The van der Waals surface area contributed by atoms with Gasteiger partial charge in [0.25, 0.3) is 0 Å². The first-order valence-electron chi connectivity index (χ1n) is 11.6. The van der Waals surface area contributed by atoms with E-state index in [0.29, 0.717) is 36.0 Å². The van der Waals surface area contributed by atoms with Gasteiger partial charge in [0, 0.05) is 46.8 Å². The van der Waals surface area contributed by atoms with Gasteiger partial charge in [-0.15, -0.1) is 0 Å². The van der Waals surface area contributed by atoms with Gasteiger partial charge in [0.2, 0.25) is 5.91 Å². The van der Waals surface area contributed by atoms with Crippen LogP contribution in [0, 0.1) is 6.92 Å². The molecule has 0 saturated carbocycles. The Kier molecular flexibility index (Phi) is 9.42. The zero-order valence-corrected chi connectivity index (χ0v) is 20.6. The highest BCUT2D eigenvalue weighted by atomic mass is 16.5. The number of nitrogens with zero attached hydrogens (tertiary/aromatic N) is 3. The van der Waals surface area contributed by atoms with E-state index in [1.807, 2.05) is 12.1 Å². The van der Waals surface area contributed by atoms with E-state index in [1.54, 1.807) is 30.3 Å². The van der Waals surface area contributed by atoms with Crippen molar-refractivity contribution in [2.75, 3.05) is 41.8 Å². The lowest BCUT2D eigenvalue weighted by Gasteiger charge is -2.29. The number of urea groups is 1. The second-order valence-electron chi connectivity index (χ2n) is 8.08. The van der Waals surface area contributed by atoms with Crippen LogP contribution in [0.15, 0.2) is 48.5 Å². The number of hydrogen-bond acceptors (Lipinski definition) is 8. The summed E-state index contributed by atoms with van der Waals surface area (Å²) in [6.45, 7) is 7.15. The minimum Gasteiger partial charge on any atom is -0.378 e. The van der Waals surface area contributed by atoms with Crippen molar-refractivity contribution in [3.63, 3.8) is 0 Å². The fourth-order valence-electron chi connectivity index (χ4n) is 3.85. The molecule has 192 valence electrons. The maximum atomic E-state index is 12.4. The Morgan fingerprint density at radius 2 is 1.68 bits per heavy atom. The molecule has 0 aliphatic carbocycles. The summed E-state index contributed by atoms with van der Waals surface area (Å²) < 4.78 is 5.49. The predicted molar refractivity (Wildman–Crippen MR) is 137 cm³/mol. The molecule has 2 heterocycles. The Hall–Kier alpha value is -4.60. The van der Waals surface area contributed by atoms with Crippen LogP contribution >= 0.6 is 0 Å². The number of amides is 3. The van der Waals surface area contributed by atoms with E-state index in [2.05, 4.69) is 29.4 Å². The number of aromatic nitrogens is 2. The standard InChI is InChI=1S/C25H28N6O3.CO2/c1-3-21-16(2)24(31-11-13-34-14-12-31)30-23(29-21)17-7-9-19(10-8-17)27-25(33)28-20-6-4-5-18(15-20)22(26)32;2-1-3/h4-10,15H,3,11-14H2,1-2H3,(H2,26,32)(H2,27,28,33);.